The quantitative estimate of drug-likeness (QED) is 0.686. The third kappa shape index (κ3) is 52.1. The lowest BCUT2D eigenvalue weighted by Gasteiger charge is -1.89. The standard InChI is InChI=1S/C4H8O2.C4H10O.CH4O/c1-3-6-4(2)5;1-3-5-4-2;1-2/h3H2,1-2H3;3-4H2,1-2H3;2H,1H3. The maximum atomic E-state index is 9.82. The minimum absolute atomic E-state index is 0.211. The van der Waals surface area contributed by atoms with E-state index in [1.165, 1.54) is 6.92 Å². The van der Waals surface area contributed by atoms with Gasteiger partial charge in [-0.2, -0.15) is 0 Å². The van der Waals surface area contributed by atoms with Gasteiger partial charge in [-0.05, 0) is 20.8 Å². The molecule has 0 radical (unpaired) electrons. The topological polar surface area (TPSA) is 55.8 Å². The van der Waals surface area contributed by atoms with Crippen LogP contribution in [0.3, 0.4) is 0 Å². The van der Waals surface area contributed by atoms with E-state index < -0.39 is 0 Å². The van der Waals surface area contributed by atoms with Gasteiger partial charge >= 0.3 is 5.97 Å². The van der Waals surface area contributed by atoms with Crippen molar-refractivity contribution in [3.8, 4) is 0 Å². The summed E-state index contributed by atoms with van der Waals surface area (Å²) < 4.78 is 9.24. The predicted octanol–water partition coefficient (Wildman–Crippen LogP) is 1.22. The molecule has 0 atom stereocenters. The zero-order valence-corrected chi connectivity index (χ0v) is 9.29. The van der Waals surface area contributed by atoms with Gasteiger partial charge in [-0.3, -0.25) is 4.79 Å². The first-order chi connectivity index (χ1) is 6.18. The van der Waals surface area contributed by atoms with Crippen LogP contribution in [0.15, 0.2) is 0 Å². The summed E-state index contributed by atoms with van der Waals surface area (Å²) in [4.78, 5) is 9.82. The molecule has 0 rings (SSSR count). The molecule has 0 aliphatic heterocycles. The van der Waals surface area contributed by atoms with Crippen molar-refractivity contribution in [2.45, 2.75) is 27.7 Å². The second-order valence-corrected chi connectivity index (χ2v) is 1.71. The fourth-order valence-corrected chi connectivity index (χ4v) is 0.407. The maximum Gasteiger partial charge on any atom is 0.302 e. The number of hydrogen-bond donors (Lipinski definition) is 1. The van der Waals surface area contributed by atoms with Gasteiger partial charge in [-0.15, -0.1) is 0 Å². The molecule has 0 spiro atoms. The Morgan fingerprint density at radius 1 is 1.08 bits per heavy atom. The highest BCUT2D eigenvalue weighted by Gasteiger charge is 1.81. The number of ether oxygens (including phenoxy) is 2. The number of rotatable bonds is 3. The average Bonchev–Trinajstić information content (AvgIpc) is 2.10. The summed E-state index contributed by atoms with van der Waals surface area (Å²) >= 11 is 0. The minimum Gasteiger partial charge on any atom is -0.466 e. The van der Waals surface area contributed by atoms with Crippen molar-refractivity contribution in [1.29, 1.82) is 0 Å². The van der Waals surface area contributed by atoms with E-state index in [1.807, 2.05) is 13.8 Å². The van der Waals surface area contributed by atoms with Crippen LogP contribution in [0.2, 0.25) is 0 Å². The molecule has 0 aromatic heterocycles. The Hall–Kier alpha value is -0.610. The Kier molecular flexibility index (Phi) is 31.6. The molecule has 13 heavy (non-hydrogen) atoms. The van der Waals surface area contributed by atoms with Crippen LogP contribution in [0.25, 0.3) is 0 Å². The van der Waals surface area contributed by atoms with E-state index in [2.05, 4.69) is 4.74 Å². The van der Waals surface area contributed by atoms with Gasteiger partial charge in [0.15, 0.2) is 0 Å². The van der Waals surface area contributed by atoms with E-state index in [1.54, 1.807) is 6.92 Å². The highest BCUT2D eigenvalue weighted by molar-refractivity contribution is 5.65. The fraction of sp³-hybridized carbons (Fsp3) is 0.889. The summed E-state index contributed by atoms with van der Waals surface area (Å²) in [5.41, 5.74) is 0. The molecule has 0 saturated heterocycles. The van der Waals surface area contributed by atoms with Gasteiger partial charge in [0, 0.05) is 27.2 Å². The van der Waals surface area contributed by atoms with Crippen molar-refractivity contribution in [2.24, 2.45) is 0 Å². The van der Waals surface area contributed by atoms with Gasteiger partial charge in [0.05, 0.1) is 6.61 Å². The average molecular weight is 194 g/mol. The Bertz CT molecular complexity index is 81.7. The third-order valence-electron chi connectivity index (χ3n) is 0.756. The van der Waals surface area contributed by atoms with Crippen molar-refractivity contribution in [2.75, 3.05) is 26.9 Å². The van der Waals surface area contributed by atoms with Crippen molar-refractivity contribution < 1.29 is 19.4 Å². The first-order valence-electron chi connectivity index (χ1n) is 4.34. The van der Waals surface area contributed by atoms with Crippen molar-refractivity contribution in [1.82, 2.24) is 0 Å². The Balaban J connectivity index is -0.000000131. The molecular formula is C9H22O4. The molecule has 0 aliphatic carbocycles. The van der Waals surface area contributed by atoms with Crippen LogP contribution in [0.1, 0.15) is 27.7 Å². The normalized spacial score (nSPS) is 7.23. The summed E-state index contributed by atoms with van der Waals surface area (Å²) in [5, 5.41) is 7.00. The van der Waals surface area contributed by atoms with Crippen LogP contribution in [0.5, 0.6) is 0 Å². The molecule has 0 aliphatic rings. The van der Waals surface area contributed by atoms with Crippen LogP contribution in [-0.2, 0) is 14.3 Å². The SMILES string of the molecule is CCOC(C)=O.CCOCC.CO. The molecule has 0 aromatic carbocycles. The monoisotopic (exact) mass is 194 g/mol. The Morgan fingerprint density at radius 3 is 1.46 bits per heavy atom. The summed E-state index contributed by atoms with van der Waals surface area (Å²) in [6.07, 6.45) is 0. The van der Waals surface area contributed by atoms with Gasteiger partial charge in [0.2, 0.25) is 0 Å². The number of esters is 1. The lowest BCUT2D eigenvalue weighted by atomic mass is 10.8. The highest BCUT2D eigenvalue weighted by Crippen LogP contribution is 1.69. The summed E-state index contributed by atoms with van der Waals surface area (Å²) in [7, 11) is 1.00. The molecule has 0 amide bonds. The number of carbonyl (C=O) groups excluding carboxylic acids is 1. The predicted molar refractivity (Wildman–Crippen MR) is 52.6 cm³/mol. The molecule has 4 heteroatoms. The van der Waals surface area contributed by atoms with Crippen LogP contribution in [-0.4, -0.2) is 38.0 Å². The van der Waals surface area contributed by atoms with Crippen LogP contribution in [0.4, 0.5) is 0 Å². The number of carbonyl (C=O) groups is 1. The van der Waals surface area contributed by atoms with E-state index >= 15 is 0 Å². The van der Waals surface area contributed by atoms with Gasteiger partial charge in [0.25, 0.3) is 0 Å². The Labute approximate surface area is 80.9 Å². The highest BCUT2D eigenvalue weighted by atomic mass is 16.5. The Morgan fingerprint density at radius 2 is 1.46 bits per heavy atom. The number of aliphatic hydroxyl groups is 1. The molecule has 82 valence electrons. The molecule has 0 unspecified atom stereocenters. The largest absolute Gasteiger partial charge is 0.466 e. The first kappa shape index (κ1) is 18.2. The lowest BCUT2D eigenvalue weighted by molar-refractivity contribution is -0.140. The molecule has 0 fully saturated rings. The second-order valence-electron chi connectivity index (χ2n) is 1.71. The maximum absolute atomic E-state index is 9.82. The van der Waals surface area contributed by atoms with Crippen molar-refractivity contribution in [3.05, 3.63) is 0 Å². The van der Waals surface area contributed by atoms with Gasteiger partial charge in [-0.1, -0.05) is 0 Å². The van der Waals surface area contributed by atoms with E-state index in [0.29, 0.717) is 6.61 Å². The summed E-state index contributed by atoms with van der Waals surface area (Å²) in [5.74, 6) is -0.211. The molecular weight excluding hydrogens is 172 g/mol. The zero-order chi connectivity index (χ0) is 11.1. The molecule has 0 aromatic rings. The molecule has 0 bridgehead atoms. The molecule has 0 heterocycles. The van der Waals surface area contributed by atoms with Crippen LogP contribution < -0.4 is 0 Å². The zero-order valence-electron chi connectivity index (χ0n) is 9.29. The van der Waals surface area contributed by atoms with Gasteiger partial charge in [-0.25, -0.2) is 0 Å². The molecule has 0 saturated carbocycles. The van der Waals surface area contributed by atoms with Gasteiger partial charge < -0.3 is 14.6 Å². The molecule has 4 nitrogen and oxygen atoms in total. The molecule has 1 N–H and O–H groups in total. The van der Waals surface area contributed by atoms with Gasteiger partial charge in [0.1, 0.15) is 0 Å². The minimum atomic E-state index is -0.211. The number of hydrogen-bond acceptors (Lipinski definition) is 4. The van der Waals surface area contributed by atoms with E-state index in [0.717, 1.165) is 20.3 Å². The van der Waals surface area contributed by atoms with E-state index in [9.17, 15) is 4.79 Å². The first-order valence-corrected chi connectivity index (χ1v) is 4.34. The van der Waals surface area contributed by atoms with Crippen molar-refractivity contribution in [3.63, 3.8) is 0 Å². The van der Waals surface area contributed by atoms with E-state index in [4.69, 9.17) is 9.84 Å². The second kappa shape index (κ2) is 22.5. The smallest absolute Gasteiger partial charge is 0.302 e. The fourth-order valence-electron chi connectivity index (χ4n) is 0.407. The van der Waals surface area contributed by atoms with Crippen LogP contribution >= 0.6 is 0 Å². The number of aliphatic hydroxyl groups excluding tert-OH is 1. The third-order valence-corrected chi connectivity index (χ3v) is 0.756. The van der Waals surface area contributed by atoms with Crippen molar-refractivity contribution >= 4 is 5.97 Å². The van der Waals surface area contributed by atoms with Crippen LogP contribution in [0, 0.1) is 0 Å². The lowest BCUT2D eigenvalue weighted by Crippen LogP contribution is -1.95. The summed E-state index contributed by atoms with van der Waals surface area (Å²) in [6.45, 7) is 9.32. The summed E-state index contributed by atoms with van der Waals surface area (Å²) in [6, 6.07) is 0. The van der Waals surface area contributed by atoms with E-state index in [-0.39, 0.29) is 5.97 Å².